The molecule has 0 bridgehead atoms. The summed E-state index contributed by atoms with van der Waals surface area (Å²) in [6.45, 7) is 4.10. The summed E-state index contributed by atoms with van der Waals surface area (Å²) in [4.78, 5) is 0. The number of benzene rings is 2. The maximum atomic E-state index is 9.38. The molecule has 0 amide bonds. The van der Waals surface area contributed by atoms with E-state index in [4.69, 9.17) is 0 Å². The van der Waals surface area contributed by atoms with Crippen molar-refractivity contribution in [1.82, 2.24) is 0 Å². The average Bonchev–Trinajstić information content (AvgIpc) is 3.30. The van der Waals surface area contributed by atoms with E-state index in [-0.39, 0.29) is 0 Å². The fraction of sp³-hybridized carbons (Fsp3) is 0.316. The molecule has 2 nitrogen and oxygen atoms in total. The van der Waals surface area contributed by atoms with Crippen LogP contribution in [0.4, 0.5) is 5.69 Å². The number of anilines is 1. The third kappa shape index (κ3) is 2.92. The van der Waals surface area contributed by atoms with Crippen molar-refractivity contribution in [2.45, 2.75) is 32.7 Å². The van der Waals surface area contributed by atoms with Crippen LogP contribution in [-0.2, 0) is 0 Å². The van der Waals surface area contributed by atoms with Gasteiger partial charge in [-0.25, -0.2) is 0 Å². The molecule has 0 radical (unpaired) electrons. The molecule has 0 aromatic heterocycles. The highest BCUT2D eigenvalue weighted by Crippen LogP contribution is 2.43. The quantitative estimate of drug-likeness (QED) is 0.875. The van der Waals surface area contributed by atoms with Gasteiger partial charge in [0.25, 0.3) is 0 Å². The summed E-state index contributed by atoms with van der Waals surface area (Å²) in [7, 11) is 0. The zero-order valence-corrected chi connectivity index (χ0v) is 12.6. The Balaban J connectivity index is 1.92. The summed E-state index contributed by atoms with van der Waals surface area (Å²) in [6, 6.07) is 17.4. The Labute approximate surface area is 126 Å². The van der Waals surface area contributed by atoms with Crippen LogP contribution in [0, 0.1) is 31.1 Å². The van der Waals surface area contributed by atoms with Gasteiger partial charge in [-0.05, 0) is 49.8 Å². The molecule has 106 valence electrons. The number of nitrogens with one attached hydrogen (secondary N) is 1. The predicted molar refractivity (Wildman–Crippen MR) is 86.2 cm³/mol. The van der Waals surface area contributed by atoms with Gasteiger partial charge in [0.05, 0.1) is 17.3 Å². The third-order valence-corrected chi connectivity index (χ3v) is 4.23. The molecule has 2 heteroatoms. The van der Waals surface area contributed by atoms with Crippen molar-refractivity contribution in [3.05, 3.63) is 64.7 Å². The first-order valence-corrected chi connectivity index (χ1v) is 7.52. The van der Waals surface area contributed by atoms with E-state index in [0.717, 1.165) is 16.8 Å². The first kappa shape index (κ1) is 13.7. The Morgan fingerprint density at radius 3 is 2.43 bits per heavy atom. The van der Waals surface area contributed by atoms with Crippen LogP contribution in [0.25, 0.3) is 0 Å². The second-order valence-electron chi connectivity index (χ2n) is 5.98. The molecular weight excluding hydrogens is 256 g/mol. The lowest BCUT2D eigenvalue weighted by molar-refractivity contribution is 0.678. The van der Waals surface area contributed by atoms with Crippen molar-refractivity contribution >= 4 is 5.69 Å². The molecule has 1 aliphatic carbocycles. The van der Waals surface area contributed by atoms with Gasteiger partial charge in [-0.15, -0.1) is 0 Å². The van der Waals surface area contributed by atoms with Crippen molar-refractivity contribution in [3.63, 3.8) is 0 Å². The Morgan fingerprint density at radius 1 is 1.10 bits per heavy atom. The van der Waals surface area contributed by atoms with Crippen molar-refractivity contribution in [3.8, 4) is 6.07 Å². The van der Waals surface area contributed by atoms with Gasteiger partial charge in [-0.3, -0.25) is 0 Å². The van der Waals surface area contributed by atoms with Gasteiger partial charge in [-0.2, -0.15) is 5.26 Å². The maximum Gasteiger partial charge on any atom is 0.102 e. The minimum absolute atomic E-state index is 0.305. The molecule has 0 heterocycles. The van der Waals surface area contributed by atoms with Gasteiger partial charge in [0.15, 0.2) is 0 Å². The minimum Gasteiger partial charge on any atom is -0.377 e. The van der Waals surface area contributed by atoms with E-state index in [9.17, 15) is 5.26 Å². The van der Waals surface area contributed by atoms with Crippen molar-refractivity contribution in [2.75, 3.05) is 5.32 Å². The van der Waals surface area contributed by atoms with E-state index < -0.39 is 0 Å². The van der Waals surface area contributed by atoms with Crippen LogP contribution in [0.1, 0.15) is 41.1 Å². The molecule has 1 saturated carbocycles. The summed E-state index contributed by atoms with van der Waals surface area (Å²) >= 11 is 0. The van der Waals surface area contributed by atoms with Crippen molar-refractivity contribution < 1.29 is 0 Å². The SMILES string of the molecule is Cc1ccc(C(Nc2cccc(C)c2C#N)C2CC2)cc1. The van der Waals surface area contributed by atoms with Crippen LogP contribution in [0.15, 0.2) is 42.5 Å². The normalized spacial score (nSPS) is 15.3. The van der Waals surface area contributed by atoms with Gasteiger partial charge in [-0.1, -0.05) is 42.0 Å². The highest BCUT2D eigenvalue weighted by atomic mass is 14.9. The predicted octanol–water partition coefficient (Wildman–Crippen LogP) is 4.74. The maximum absolute atomic E-state index is 9.38. The standard InChI is InChI=1S/C19H20N2/c1-13-6-8-15(9-7-13)19(16-10-11-16)21-18-5-3-4-14(2)17(18)12-20/h3-9,16,19,21H,10-11H2,1-2H3. The Hall–Kier alpha value is -2.27. The molecule has 21 heavy (non-hydrogen) atoms. The fourth-order valence-electron chi connectivity index (χ4n) is 2.78. The fourth-order valence-corrected chi connectivity index (χ4v) is 2.78. The monoisotopic (exact) mass is 276 g/mol. The minimum atomic E-state index is 0.305. The number of hydrogen-bond donors (Lipinski definition) is 1. The van der Waals surface area contributed by atoms with Crippen LogP contribution in [0.3, 0.4) is 0 Å². The Kier molecular flexibility index (Phi) is 3.66. The average molecular weight is 276 g/mol. The molecule has 1 unspecified atom stereocenters. The molecule has 2 aromatic rings. The first-order chi connectivity index (χ1) is 10.2. The van der Waals surface area contributed by atoms with Crippen LogP contribution in [0.2, 0.25) is 0 Å². The van der Waals surface area contributed by atoms with Gasteiger partial charge in [0, 0.05) is 0 Å². The molecular formula is C19H20N2. The molecule has 1 fully saturated rings. The van der Waals surface area contributed by atoms with Gasteiger partial charge < -0.3 is 5.32 Å². The topological polar surface area (TPSA) is 35.8 Å². The lowest BCUT2D eigenvalue weighted by Crippen LogP contribution is -2.14. The zero-order chi connectivity index (χ0) is 14.8. The molecule has 0 spiro atoms. The third-order valence-electron chi connectivity index (χ3n) is 4.23. The molecule has 0 saturated heterocycles. The summed E-state index contributed by atoms with van der Waals surface area (Å²) in [5.74, 6) is 0.680. The van der Waals surface area contributed by atoms with Crippen LogP contribution in [-0.4, -0.2) is 0 Å². The lowest BCUT2D eigenvalue weighted by Gasteiger charge is -2.21. The van der Waals surface area contributed by atoms with E-state index in [1.807, 2.05) is 25.1 Å². The first-order valence-electron chi connectivity index (χ1n) is 7.52. The van der Waals surface area contributed by atoms with Crippen molar-refractivity contribution in [2.24, 2.45) is 5.92 Å². The van der Waals surface area contributed by atoms with E-state index >= 15 is 0 Å². The van der Waals surface area contributed by atoms with Crippen LogP contribution in [0.5, 0.6) is 0 Å². The number of rotatable bonds is 4. The van der Waals surface area contributed by atoms with Gasteiger partial charge in [0.2, 0.25) is 0 Å². The Morgan fingerprint density at radius 2 is 1.81 bits per heavy atom. The van der Waals surface area contributed by atoms with E-state index in [1.165, 1.54) is 24.0 Å². The number of hydrogen-bond acceptors (Lipinski definition) is 2. The van der Waals surface area contributed by atoms with Gasteiger partial charge in [0.1, 0.15) is 6.07 Å². The summed E-state index contributed by atoms with van der Waals surface area (Å²) in [6.07, 6.45) is 2.53. The smallest absolute Gasteiger partial charge is 0.102 e. The van der Waals surface area contributed by atoms with Crippen LogP contribution < -0.4 is 5.32 Å². The Bertz CT molecular complexity index is 676. The second kappa shape index (κ2) is 5.61. The summed E-state index contributed by atoms with van der Waals surface area (Å²) in [5, 5.41) is 13.0. The van der Waals surface area contributed by atoms with Crippen molar-refractivity contribution in [1.29, 1.82) is 5.26 Å². The van der Waals surface area contributed by atoms with E-state index in [0.29, 0.717) is 12.0 Å². The lowest BCUT2D eigenvalue weighted by atomic mass is 9.99. The molecule has 0 aliphatic heterocycles. The second-order valence-corrected chi connectivity index (χ2v) is 5.98. The van der Waals surface area contributed by atoms with E-state index in [2.05, 4.69) is 42.6 Å². The van der Waals surface area contributed by atoms with Gasteiger partial charge >= 0.3 is 0 Å². The molecule has 1 N–H and O–H groups in total. The molecule has 1 aliphatic rings. The molecule has 3 rings (SSSR count). The molecule has 1 atom stereocenters. The zero-order valence-electron chi connectivity index (χ0n) is 12.6. The molecule has 2 aromatic carbocycles. The van der Waals surface area contributed by atoms with E-state index in [1.54, 1.807) is 0 Å². The largest absolute Gasteiger partial charge is 0.377 e. The number of nitrogens with zero attached hydrogens (tertiary/aromatic N) is 1. The number of aryl methyl sites for hydroxylation is 2. The highest BCUT2D eigenvalue weighted by molar-refractivity contribution is 5.61. The number of nitriles is 1. The summed E-state index contributed by atoms with van der Waals surface area (Å²) < 4.78 is 0. The summed E-state index contributed by atoms with van der Waals surface area (Å²) in [5.41, 5.74) is 5.33. The highest BCUT2D eigenvalue weighted by Gasteiger charge is 2.32. The van der Waals surface area contributed by atoms with Crippen LogP contribution >= 0.6 is 0 Å².